The summed E-state index contributed by atoms with van der Waals surface area (Å²) in [6, 6.07) is 2.35. The summed E-state index contributed by atoms with van der Waals surface area (Å²) in [5.41, 5.74) is -0.121. The summed E-state index contributed by atoms with van der Waals surface area (Å²) in [6.45, 7) is 0. The fraction of sp³-hybridized carbons (Fsp3) is 0.125. The van der Waals surface area contributed by atoms with Crippen molar-refractivity contribution in [2.75, 3.05) is 7.11 Å². The number of hydrogen-bond acceptors (Lipinski definition) is 4. The van der Waals surface area contributed by atoms with Crippen LogP contribution in [0.1, 0.15) is 10.4 Å². The van der Waals surface area contributed by atoms with Crippen molar-refractivity contribution in [3.05, 3.63) is 37.3 Å². The van der Waals surface area contributed by atoms with Crippen LogP contribution in [0.2, 0.25) is 5.02 Å². The molecule has 80 valence electrons. The first kappa shape index (κ1) is 11.9. The molecule has 15 heavy (non-hydrogen) atoms. The molecular formula is C8H5BrClNO4. The zero-order valence-corrected chi connectivity index (χ0v) is 9.83. The minimum Gasteiger partial charge on any atom is -0.465 e. The lowest BCUT2D eigenvalue weighted by Gasteiger charge is -2.03. The third kappa shape index (κ3) is 2.45. The van der Waals surface area contributed by atoms with Gasteiger partial charge in [0.15, 0.2) is 0 Å². The van der Waals surface area contributed by atoms with Gasteiger partial charge in [0.1, 0.15) is 5.02 Å². The molecule has 0 radical (unpaired) electrons. The number of rotatable bonds is 2. The summed E-state index contributed by atoms with van der Waals surface area (Å²) in [5, 5.41) is 10.4. The highest BCUT2D eigenvalue weighted by atomic mass is 79.9. The number of esters is 1. The Morgan fingerprint density at radius 1 is 1.60 bits per heavy atom. The van der Waals surface area contributed by atoms with Gasteiger partial charge in [-0.3, -0.25) is 10.1 Å². The minimum atomic E-state index is -0.631. The average Bonchev–Trinajstić information content (AvgIpc) is 2.19. The summed E-state index contributed by atoms with van der Waals surface area (Å²) in [5.74, 6) is -0.612. The highest BCUT2D eigenvalue weighted by Crippen LogP contribution is 2.31. The van der Waals surface area contributed by atoms with E-state index in [0.29, 0.717) is 0 Å². The number of nitro benzene ring substituents is 1. The Kier molecular flexibility index (Phi) is 3.65. The summed E-state index contributed by atoms with van der Waals surface area (Å²) >= 11 is 8.65. The molecule has 0 spiro atoms. The summed E-state index contributed by atoms with van der Waals surface area (Å²) in [6.07, 6.45) is 0. The smallest absolute Gasteiger partial charge is 0.339 e. The van der Waals surface area contributed by atoms with Crippen molar-refractivity contribution in [1.29, 1.82) is 0 Å². The molecule has 0 bridgehead atoms. The highest BCUT2D eigenvalue weighted by molar-refractivity contribution is 9.10. The number of hydrogen-bond donors (Lipinski definition) is 0. The second kappa shape index (κ2) is 4.59. The van der Waals surface area contributed by atoms with Gasteiger partial charge in [0.2, 0.25) is 0 Å². The molecule has 0 aliphatic heterocycles. The third-order valence-corrected chi connectivity index (χ3v) is 2.60. The van der Waals surface area contributed by atoms with Crippen molar-refractivity contribution < 1.29 is 14.5 Å². The van der Waals surface area contributed by atoms with E-state index in [9.17, 15) is 14.9 Å². The average molecular weight is 294 g/mol. The number of methoxy groups -OCH3 is 1. The normalized spacial score (nSPS) is 9.80. The fourth-order valence-electron chi connectivity index (χ4n) is 0.943. The lowest BCUT2D eigenvalue weighted by Crippen LogP contribution is -2.03. The summed E-state index contributed by atoms with van der Waals surface area (Å²) in [4.78, 5) is 21.1. The van der Waals surface area contributed by atoms with Crippen LogP contribution in [0.4, 0.5) is 5.69 Å². The number of carbonyl (C=O) groups is 1. The van der Waals surface area contributed by atoms with E-state index in [1.165, 1.54) is 13.2 Å². The van der Waals surface area contributed by atoms with Crippen molar-refractivity contribution in [3.8, 4) is 0 Å². The molecule has 0 atom stereocenters. The SMILES string of the molecule is COC(=O)c1cc(Cl)c([N+](=O)[O-])cc1Br. The lowest BCUT2D eigenvalue weighted by molar-refractivity contribution is -0.384. The second-order valence-electron chi connectivity index (χ2n) is 2.53. The van der Waals surface area contributed by atoms with Crippen molar-refractivity contribution in [2.24, 2.45) is 0 Å². The van der Waals surface area contributed by atoms with Crippen molar-refractivity contribution in [3.63, 3.8) is 0 Å². The molecule has 1 rings (SSSR count). The van der Waals surface area contributed by atoms with Gasteiger partial charge in [-0.25, -0.2) is 4.79 Å². The van der Waals surface area contributed by atoms with E-state index in [-0.39, 0.29) is 20.7 Å². The predicted molar refractivity (Wildman–Crippen MR) is 57.1 cm³/mol. The van der Waals surface area contributed by atoms with Crippen molar-refractivity contribution in [1.82, 2.24) is 0 Å². The van der Waals surface area contributed by atoms with Gasteiger partial charge in [-0.15, -0.1) is 0 Å². The van der Waals surface area contributed by atoms with E-state index >= 15 is 0 Å². The first-order valence-electron chi connectivity index (χ1n) is 3.69. The van der Waals surface area contributed by atoms with Crippen LogP contribution in [0.3, 0.4) is 0 Å². The molecule has 1 aromatic carbocycles. The monoisotopic (exact) mass is 293 g/mol. The number of halogens is 2. The first-order valence-corrected chi connectivity index (χ1v) is 4.86. The first-order chi connectivity index (χ1) is 6.97. The van der Waals surface area contributed by atoms with Gasteiger partial charge in [-0.05, 0) is 22.0 Å². The van der Waals surface area contributed by atoms with E-state index in [1.807, 2.05) is 0 Å². The van der Waals surface area contributed by atoms with Crippen LogP contribution in [0.5, 0.6) is 0 Å². The molecule has 0 amide bonds. The van der Waals surface area contributed by atoms with Crippen LogP contribution in [0, 0.1) is 10.1 Å². The Labute approximate surface area is 98.3 Å². The van der Waals surface area contributed by atoms with Gasteiger partial charge >= 0.3 is 5.97 Å². The molecule has 0 heterocycles. The Bertz CT molecular complexity index is 435. The molecule has 0 aliphatic carbocycles. The molecule has 0 aliphatic rings. The van der Waals surface area contributed by atoms with Gasteiger partial charge in [0.05, 0.1) is 17.6 Å². The van der Waals surface area contributed by atoms with Crippen LogP contribution in [0.25, 0.3) is 0 Å². The zero-order chi connectivity index (χ0) is 11.6. The van der Waals surface area contributed by atoms with E-state index in [0.717, 1.165) is 6.07 Å². The zero-order valence-electron chi connectivity index (χ0n) is 7.49. The maximum Gasteiger partial charge on any atom is 0.339 e. The standard InChI is InChI=1S/C8H5BrClNO4/c1-15-8(12)4-2-6(10)7(11(13)14)3-5(4)9/h2-3H,1H3. The Balaban J connectivity index is 3.31. The fourth-order valence-corrected chi connectivity index (χ4v) is 1.67. The molecule has 7 heteroatoms. The van der Waals surface area contributed by atoms with Gasteiger partial charge in [0, 0.05) is 10.5 Å². The van der Waals surface area contributed by atoms with Crippen LogP contribution in [-0.4, -0.2) is 18.0 Å². The number of nitro groups is 1. The predicted octanol–water partition coefficient (Wildman–Crippen LogP) is 2.80. The van der Waals surface area contributed by atoms with Crippen molar-refractivity contribution >= 4 is 39.2 Å². The number of ether oxygens (including phenoxy) is 1. The quantitative estimate of drug-likeness (QED) is 0.478. The van der Waals surface area contributed by atoms with Crippen LogP contribution < -0.4 is 0 Å². The molecular weight excluding hydrogens is 289 g/mol. The molecule has 1 aromatic rings. The van der Waals surface area contributed by atoms with E-state index in [1.54, 1.807) is 0 Å². The topological polar surface area (TPSA) is 69.4 Å². The Hall–Kier alpha value is -1.14. The highest BCUT2D eigenvalue weighted by Gasteiger charge is 2.19. The third-order valence-electron chi connectivity index (χ3n) is 1.64. The Morgan fingerprint density at radius 3 is 2.67 bits per heavy atom. The van der Waals surface area contributed by atoms with Gasteiger partial charge < -0.3 is 4.74 Å². The lowest BCUT2D eigenvalue weighted by atomic mass is 10.2. The molecule has 0 saturated carbocycles. The molecule has 5 nitrogen and oxygen atoms in total. The van der Waals surface area contributed by atoms with E-state index in [2.05, 4.69) is 20.7 Å². The molecule has 0 unspecified atom stereocenters. The minimum absolute atomic E-state index is 0.108. The van der Waals surface area contributed by atoms with Gasteiger partial charge in [-0.1, -0.05) is 11.6 Å². The molecule has 0 aromatic heterocycles. The maximum atomic E-state index is 11.2. The largest absolute Gasteiger partial charge is 0.465 e. The summed E-state index contributed by atoms with van der Waals surface area (Å²) < 4.78 is 4.74. The number of benzene rings is 1. The van der Waals surface area contributed by atoms with Gasteiger partial charge in [-0.2, -0.15) is 0 Å². The van der Waals surface area contributed by atoms with Crippen LogP contribution in [-0.2, 0) is 4.74 Å². The number of carbonyl (C=O) groups excluding carboxylic acids is 1. The second-order valence-corrected chi connectivity index (χ2v) is 3.79. The number of nitrogens with zero attached hydrogens (tertiary/aromatic N) is 1. The van der Waals surface area contributed by atoms with Crippen molar-refractivity contribution in [2.45, 2.75) is 0 Å². The summed E-state index contributed by atoms with van der Waals surface area (Å²) in [7, 11) is 1.21. The van der Waals surface area contributed by atoms with Crippen LogP contribution in [0.15, 0.2) is 16.6 Å². The van der Waals surface area contributed by atoms with E-state index < -0.39 is 10.9 Å². The molecule has 0 N–H and O–H groups in total. The van der Waals surface area contributed by atoms with E-state index in [4.69, 9.17) is 11.6 Å². The maximum absolute atomic E-state index is 11.2. The Morgan fingerprint density at radius 2 is 2.20 bits per heavy atom. The van der Waals surface area contributed by atoms with Crippen LogP contribution >= 0.6 is 27.5 Å². The molecule has 0 saturated heterocycles. The van der Waals surface area contributed by atoms with Gasteiger partial charge in [0.25, 0.3) is 5.69 Å². The molecule has 0 fully saturated rings.